The minimum Gasteiger partial charge on any atom is -0.395 e. The van der Waals surface area contributed by atoms with E-state index in [2.05, 4.69) is 25.4 Å². The lowest BCUT2D eigenvalue weighted by molar-refractivity contribution is -0.286. The van der Waals surface area contributed by atoms with E-state index in [0.29, 0.717) is 0 Å². The number of halogens is 3. The highest BCUT2D eigenvalue weighted by Crippen LogP contribution is 2.41. The molecule has 0 spiro atoms. The first-order chi connectivity index (χ1) is 6.61. The summed E-state index contributed by atoms with van der Waals surface area (Å²) in [5, 5.41) is 0.781. The number of rotatable bonds is 2. The molecule has 0 radical (unpaired) electrons. The third-order valence-corrected chi connectivity index (χ3v) is 2.25. The predicted molar refractivity (Wildman–Crippen MR) is 50.1 cm³/mol. The molecule has 1 aliphatic rings. The molecule has 0 atom stereocenters. The molecule has 1 heterocycles. The summed E-state index contributed by atoms with van der Waals surface area (Å²) in [6, 6.07) is 4.80. The Hall–Kier alpha value is -0.840. The van der Waals surface area contributed by atoms with Crippen molar-refractivity contribution in [2.75, 3.05) is 5.33 Å². The Balaban J connectivity index is 2.26. The van der Waals surface area contributed by atoms with Crippen LogP contribution in [-0.4, -0.2) is 11.6 Å². The van der Waals surface area contributed by atoms with E-state index in [9.17, 15) is 8.78 Å². The van der Waals surface area contributed by atoms with E-state index in [1.807, 2.05) is 0 Å². The van der Waals surface area contributed by atoms with Crippen molar-refractivity contribution >= 4 is 15.9 Å². The fraction of sp³-hybridized carbons (Fsp3) is 0.333. The number of hydrogen-bond donors (Lipinski definition) is 0. The van der Waals surface area contributed by atoms with Gasteiger partial charge in [-0.2, -0.15) is 0 Å². The average Bonchev–Trinajstić information content (AvgIpc) is 2.38. The van der Waals surface area contributed by atoms with Gasteiger partial charge in [-0.1, -0.05) is 22.0 Å². The number of fused-ring (bicyclic) bond motifs is 1. The second kappa shape index (κ2) is 3.38. The highest BCUT2D eigenvalue weighted by atomic mass is 79.9. The van der Waals surface area contributed by atoms with Crippen LogP contribution in [0.3, 0.4) is 0 Å². The van der Waals surface area contributed by atoms with Crippen LogP contribution >= 0.6 is 15.9 Å². The summed E-state index contributed by atoms with van der Waals surface area (Å²) in [6.07, 6.45) is -2.75. The number of hydrogen-bond acceptors (Lipinski definition) is 2. The first-order valence-corrected chi connectivity index (χ1v) is 5.17. The third kappa shape index (κ3) is 1.82. The van der Waals surface area contributed by atoms with Gasteiger partial charge in [-0.3, -0.25) is 0 Å². The lowest BCUT2D eigenvalue weighted by atomic mass is 10.1. The molecule has 0 aromatic heterocycles. The second-order valence-electron chi connectivity index (χ2n) is 2.89. The van der Waals surface area contributed by atoms with Gasteiger partial charge in [-0.05, 0) is 24.1 Å². The van der Waals surface area contributed by atoms with Crippen LogP contribution in [0.5, 0.6) is 11.5 Å². The standard InChI is InChI=1S/C9H7BrF2O2/c10-4-3-6-1-2-7-8(5-6)14-9(11,12)13-7/h1-2,5H,3-4H2. The van der Waals surface area contributed by atoms with Gasteiger partial charge >= 0.3 is 6.29 Å². The van der Waals surface area contributed by atoms with Crippen molar-refractivity contribution in [1.82, 2.24) is 0 Å². The van der Waals surface area contributed by atoms with Gasteiger partial charge < -0.3 is 9.47 Å². The predicted octanol–water partition coefficient (Wildman–Crippen LogP) is 2.95. The van der Waals surface area contributed by atoms with E-state index in [-0.39, 0.29) is 11.5 Å². The lowest BCUT2D eigenvalue weighted by Gasteiger charge is -2.04. The second-order valence-corrected chi connectivity index (χ2v) is 3.68. The summed E-state index contributed by atoms with van der Waals surface area (Å²) in [4.78, 5) is 0. The van der Waals surface area contributed by atoms with Gasteiger partial charge in [-0.15, -0.1) is 8.78 Å². The van der Waals surface area contributed by atoms with Gasteiger partial charge in [0.2, 0.25) is 0 Å². The summed E-state index contributed by atoms with van der Waals surface area (Å²) in [6.45, 7) is 0. The van der Waals surface area contributed by atoms with Crippen LogP contribution in [0, 0.1) is 0 Å². The molecule has 1 aliphatic heterocycles. The van der Waals surface area contributed by atoms with Gasteiger partial charge in [0.15, 0.2) is 11.5 Å². The Kier molecular flexibility index (Phi) is 2.34. The van der Waals surface area contributed by atoms with E-state index >= 15 is 0 Å². The smallest absolute Gasteiger partial charge is 0.395 e. The Morgan fingerprint density at radius 3 is 2.64 bits per heavy atom. The van der Waals surface area contributed by atoms with E-state index in [4.69, 9.17) is 0 Å². The number of ether oxygens (including phenoxy) is 2. The average molecular weight is 265 g/mol. The summed E-state index contributed by atoms with van der Waals surface area (Å²) >= 11 is 3.27. The van der Waals surface area contributed by atoms with Crippen molar-refractivity contribution in [2.45, 2.75) is 12.7 Å². The molecule has 1 aromatic rings. The largest absolute Gasteiger partial charge is 0.586 e. The quantitative estimate of drug-likeness (QED) is 0.765. The Bertz CT molecular complexity index is 355. The van der Waals surface area contributed by atoms with Crippen LogP contribution in [0.25, 0.3) is 0 Å². The molecule has 0 saturated carbocycles. The molecular weight excluding hydrogens is 258 g/mol. The van der Waals surface area contributed by atoms with E-state index < -0.39 is 6.29 Å². The van der Waals surface area contributed by atoms with Gasteiger partial charge in [-0.25, -0.2) is 0 Å². The topological polar surface area (TPSA) is 18.5 Å². The molecule has 5 heteroatoms. The molecule has 0 amide bonds. The zero-order chi connectivity index (χ0) is 10.2. The Labute approximate surface area is 87.9 Å². The van der Waals surface area contributed by atoms with E-state index in [1.54, 1.807) is 12.1 Å². The summed E-state index contributed by atoms with van der Waals surface area (Å²) in [5.41, 5.74) is 0.932. The summed E-state index contributed by atoms with van der Waals surface area (Å²) < 4.78 is 33.8. The fourth-order valence-electron chi connectivity index (χ4n) is 1.26. The number of aryl methyl sites for hydroxylation is 1. The van der Waals surface area contributed by atoms with Crippen LogP contribution in [0.4, 0.5) is 8.78 Å². The molecule has 0 N–H and O–H groups in total. The first kappa shape index (κ1) is 9.71. The minimum absolute atomic E-state index is 0.0910. The Morgan fingerprint density at radius 1 is 1.21 bits per heavy atom. The van der Waals surface area contributed by atoms with Crippen LogP contribution in [-0.2, 0) is 6.42 Å². The molecule has 0 bridgehead atoms. The van der Waals surface area contributed by atoms with Crippen molar-refractivity contribution in [1.29, 1.82) is 0 Å². The van der Waals surface area contributed by atoms with Crippen LogP contribution in [0.15, 0.2) is 18.2 Å². The molecule has 2 rings (SSSR count). The maximum Gasteiger partial charge on any atom is 0.586 e. The molecule has 76 valence electrons. The summed E-state index contributed by atoms with van der Waals surface area (Å²) in [5.74, 6) is 0.196. The molecule has 0 unspecified atom stereocenters. The maximum atomic E-state index is 12.6. The van der Waals surface area contributed by atoms with Gasteiger partial charge in [0.05, 0.1) is 0 Å². The van der Waals surface area contributed by atoms with Crippen LogP contribution in [0.1, 0.15) is 5.56 Å². The molecule has 0 aliphatic carbocycles. The molecular formula is C9H7BrF2O2. The normalized spacial score (nSPS) is 17.1. The number of benzene rings is 1. The highest BCUT2D eigenvalue weighted by Gasteiger charge is 2.43. The van der Waals surface area contributed by atoms with Crippen LogP contribution in [0.2, 0.25) is 0 Å². The zero-order valence-corrected chi connectivity index (χ0v) is 8.68. The van der Waals surface area contributed by atoms with Crippen molar-refractivity contribution in [2.24, 2.45) is 0 Å². The SMILES string of the molecule is FC1(F)Oc2ccc(CCBr)cc2O1. The van der Waals surface area contributed by atoms with E-state index in [1.165, 1.54) is 6.07 Å². The zero-order valence-electron chi connectivity index (χ0n) is 7.10. The van der Waals surface area contributed by atoms with Crippen LogP contribution < -0.4 is 9.47 Å². The minimum atomic E-state index is -3.52. The molecule has 14 heavy (non-hydrogen) atoms. The van der Waals surface area contributed by atoms with Gasteiger partial charge in [0, 0.05) is 5.33 Å². The van der Waals surface area contributed by atoms with Crippen molar-refractivity contribution in [3.63, 3.8) is 0 Å². The van der Waals surface area contributed by atoms with Crippen molar-refractivity contribution in [3.8, 4) is 11.5 Å². The lowest BCUT2D eigenvalue weighted by Crippen LogP contribution is -2.25. The fourth-order valence-corrected chi connectivity index (χ4v) is 1.72. The van der Waals surface area contributed by atoms with E-state index in [0.717, 1.165) is 17.3 Å². The van der Waals surface area contributed by atoms with Gasteiger partial charge in [0.25, 0.3) is 0 Å². The molecule has 1 aromatic carbocycles. The third-order valence-electron chi connectivity index (χ3n) is 1.85. The molecule has 0 fully saturated rings. The molecule has 2 nitrogen and oxygen atoms in total. The van der Waals surface area contributed by atoms with Crippen molar-refractivity contribution < 1.29 is 18.3 Å². The first-order valence-electron chi connectivity index (χ1n) is 4.05. The highest BCUT2D eigenvalue weighted by molar-refractivity contribution is 9.09. The van der Waals surface area contributed by atoms with Crippen molar-refractivity contribution in [3.05, 3.63) is 23.8 Å². The van der Waals surface area contributed by atoms with Gasteiger partial charge in [0.1, 0.15) is 0 Å². The summed E-state index contributed by atoms with van der Waals surface area (Å²) in [7, 11) is 0. The Morgan fingerprint density at radius 2 is 1.93 bits per heavy atom. The maximum absolute atomic E-state index is 12.6. The number of alkyl halides is 3. The monoisotopic (exact) mass is 264 g/mol. The molecule has 0 saturated heterocycles.